The van der Waals surface area contributed by atoms with Gasteiger partial charge in [-0.2, -0.15) is 0 Å². The second kappa shape index (κ2) is 6.98. The monoisotopic (exact) mass is 341 g/mol. The number of aliphatic imine (C=N–C) groups is 1. The van der Waals surface area contributed by atoms with E-state index in [1.165, 1.54) is 0 Å². The molecule has 0 radical (unpaired) electrons. The molecular weight excluding hydrogens is 314 g/mol. The second-order valence-electron chi connectivity index (χ2n) is 7.60. The van der Waals surface area contributed by atoms with Crippen LogP contribution in [0.3, 0.4) is 0 Å². The van der Waals surface area contributed by atoms with Gasteiger partial charge in [-0.05, 0) is 45.4 Å². The first-order valence-corrected chi connectivity index (χ1v) is 9.18. The maximum Gasteiger partial charge on any atom is 0.275 e. The lowest BCUT2D eigenvalue weighted by molar-refractivity contribution is -0.136. The summed E-state index contributed by atoms with van der Waals surface area (Å²) in [5, 5.41) is 2.89. The average Bonchev–Trinajstić information content (AvgIpc) is 2.84. The van der Waals surface area contributed by atoms with Gasteiger partial charge in [-0.1, -0.05) is 37.3 Å². The molecule has 2 aliphatic rings. The van der Waals surface area contributed by atoms with E-state index in [0.29, 0.717) is 11.6 Å². The minimum Gasteiger partial charge on any atom is -0.352 e. The standard InChI is InChI=1S/C20H27N3O2/c1-14(2)21-17(24)13-23-19(25)18(16-7-5-4-6-8-16)22-20(23)11-9-15(3)10-12-20/h4-8,14-15H,9-13H2,1-3H3,(H,21,24). The first-order chi connectivity index (χ1) is 11.9. The lowest BCUT2D eigenvalue weighted by Gasteiger charge is -2.40. The summed E-state index contributed by atoms with van der Waals surface area (Å²) in [6.07, 6.45) is 3.71. The van der Waals surface area contributed by atoms with Crippen molar-refractivity contribution in [3.8, 4) is 0 Å². The van der Waals surface area contributed by atoms with Gasteiger partial charge in [-0.15, -0.1) is 0 Å². The molecule has 1 aromatic rings. The number of amides is 2. The van der Waals surface area contributed by atoms with Gasteiger partial charge in [0.1, 0.15) is 17.9 Å². The minimum absolute atomic E-state index is 0.0574. The number of nitrogens with zero attached hydrogens (tertiary/aromatic N) is 2. The highest BCUT2D eigenvalue weighted by molar-refractivity contribution is 6.47. The molecule has 25 heavy (non-hydrogen) atoms. The highest BCUT2D eigenvalue weighted by atomic mass is 16.2. The number of benzene rings is 1. The molecule has 0 bridgehead atoms. The highest BCUT2D eigenvalue weighted by Crippen LogP contribution is 2.41. The maximum absolute atomic E-state index is 13.1. The fourth-order valence-corrected chi connectivity index (χ4v) is 3.75. The van der Waals surface area contributed by atoms with Crippen molar-refractivity contribution in [1.82, 2.24) is 10.2 Å². The molecule has 0 unspecified atom stereocenters. The van der Waals surface area contributed by atoms with Crippen LogP contribution in [0.5, 0.6) is 0 Å². The Kier molecular flexibility index (Phi) is 4.93. The maximum atomic E-state index is 13.1. The van der Waals surface area contributed by atoms with Crippen LogP contribution >= 0.6 is 0 Å². The Morgan fingerprint density at radius 1 is 1.28 bits per heavy atom. The molecule has 134 valence electrons. The number of hydrogen-bond donors (Lipinski definition) is 1. The lowest BCUT2D eigenvalue weighted by atomic mass is 9.82. The molecule has 1 N–H and O–H groups in total. The molecule has 1 aromatic carbocycles. The van der Waals surface area contributed by atoms with Gasteiger partial charge in [0.15, 0.2) is 0 Å². The largest absolute Gasteiger partial charge is 0.352 e. The van der Waals surface area contributed by atoms with Crippen molar-refractivity contribution in [2.75, 3.05) is 6.54 Å². The highest BCUT2D eigenvalue weighted by Gasteiger charge is 2.49. The van der Waals surface area contributed by atoms with E-state index in [-0.39, 0.29) is 24.4 Å². The van der Waals surface area contributed by atoms with E-state index in [1.54, 1.807) is 4.90 Å². The van der Waals surface area contributed by atoms with Gasteiger partial charge in [-0.25, -0.2) is 0 Å². The van der Waals surface area contributed by atoms with Gasteiger partial charge in [0.05, 0.1) is 0 Å². The Bertz CT molecular complexity index is 673. The third-order valence-corrected chi connectivity index (χ3v) is 5.14. The van der Waals surface area contributed by atoms with Crippen molar-refractivity contribution in [2.45, 2.75) is 58.2 Å². The Balaban J connectivity index is 1.90. The van der Waals surface area contributed by atoms with Crippen molar-refractivity contribution in [2.24, 2.45) is 10.9 Å². The van der Waals surface area contributed by atoms with Gasteiger partial charge in [0.25, 0.3) is 5.91 Å². The van der Waals surface area contributed by atoms with Gasteiger partial charge >= 0.3 is 0 Å². The summed E-state index contributed by atoms with van der Waals surface area (Å²) in [7, 11) is 0. The number of carbonyl (C=O) groups excluding carboxylic acids is 2. The smallest absolute Gasteiger partial charge is 0.275 e. The van der Waals surface area contributed by atoms with E-state index in [9.17, 15) is 9.59 Å². The molecular formula is C20H27N3O2. The van der Waals surface area contributed by atoms with E-state index in [2.05, 4.69) is 12.2 Å². The number of hydrogen-bond acceptors (Lipinski definition) is 3. The molecule has 2 amide bonds. The van der Waals surface area contributed by atoms with Crippen molar-refractivity contribution < 1.29 is 9.59 Å². The zero-order valence-electron chi connectivity index (χ0n) is 15.3. The summed E-state index contributed by atoms with van der Waals surface area (Å²) in [4.78, 5) is 32.0. The van der Waals surface area contributed by atoms with E-state index in [1.807, 2.05) is 44.2 Å². The predicted octanol–water partition coefficient (Wildman–Crippen LogP) is 2.75. The third kappa shape index (κ3) is 3.60. The van der Waals surface area contributed by atoms with Crippen molar-refractivity contribution in [1.29, 1.82) is 0 Å². The van der Waals surface area contributed by atoms with Crippen LogP contribution in [0.25, 0.3) is 0 Å². The van der Waals surface area contributed by atoms with Crippen LogP contribution in [0.15, 0.2) is 35.3 Å². The summed E-state index contributed by atoms with van der Waals surface area (Å²) < 4.78 is 0. The van der Waals surface area contributed by atoms with Crippen LogP contribution in [0.2, 0.25) is 0 Å². The summed E-state index contributed by atoms with van der Waals surface area (Å²) in [6.45, 7) is 6.16. The Hall–Kier alpha value is -2.17. The van der Waals surface area contributed by atoms with Crippen LogP contribution in [0.4, 0.5) is 0 Å². The molecule has 1 saturated carbocycles. The fourth-order valence-electron chi connectivity index (χ4n) is 3.75. The zero-order chi connectivity index (χ0) is 18.0. The van der Waals surface area contributed by atoms with E-state index >= 15 is 0 Å². The summed E-state index contributed by atoms with van der Waals surface area (Å²) >= 11 is 0. The first-order valence-electron chi connectivity index (χ1n) is 9.18. The van der Waals surface area contributed by atoms with Gasteiger partial charge in [0.2, 0.25) is 5.91 Å². The van der Waals surface area contributed by atoms with Crippen LogP contribution in [0, 0.1) is 5.92 Å². The molecule has 0 aromatic heterocycles. The summed E-state index contributed by atoms with van der Waals surface area (Å²) in [5.74, 6) is 0.397. The first kappa shape index (κ1) is 17.6. The average molecular weight is 341 g/mol. The van der Waals surface area contributed by atoms with Crippen LogP contribution < -0.4 is 5.32 Å². The van der Waals surface area contributed by atoms with E-state index in [4.69, 9.17) is 4.99 Å². The van der Waals surface area contributed by atoms with Crippen LogP contribution in [0.1, 0.15) is 52.0 Å². The third-order valence-electron chi connectivity index (χ3n) is 5.14. The molecule has 1 aliphatic carbocycles. The predicted molar refractivity (Wildman–Crippen MR) is 98.3 cm³/mol. The Morgan fingerprint density at radius 2 is 1.92 bits per heavy atom. The molecule has 0 atom stereocenters. The molecule has 1 fully saturated rings. The van der Waals surface area contributed by atoms with Gasteiger partial charge in [0, 0.05) is 11.6 Å². The van der Waals surface area contributed by atoms with Crippen molar-refractivity contribution in [3.63, 3.8) is 0 Å². The second-order valence-corrected chi connectivity index (χ2v) is 7.60. The van der Waals surface area contributed by atoms with Crippen molar-refractivity contribution >= 4 is 17.5 Å². The number of rotatable bonds is 4. The minimum atomic E-state index is -0.552. The molecule has 1 spiro atoms. The normalized spacial score (nSPS) is 26.2. The van der Waals surface area contributed by atoms with Gasteiger partial charge < -0.3 is 10.2 Å². The van der Waals surface area contributed by atoms with Gasteiger partial charge in [-0.3, -0.25) is 14.6 Å². The summed E-state index contributed by atoms with van der Waals surface area (Å²) in [5.41, 5.74) is 0.771. The van der Waals surface area contributed by atoms with Crippen LogP contribution in [-0.2, 0) is 9.59 Å². The van der Waals surface area contributed by atoms with Crippen molar-refractivity contribution in [3.05, 3.63) is 35.9 Å². The summed E-state index contributed by atoms with van der Waals surface area (Å²) in [6, 6.07) is 9.63. The number of carbonyl (C=O) groups is 2. The Morgan fingerprint density at radius 3 is 2.52 bits per heavy atom. The molecule has 5 heteroatoms. The van der Waals surface area contributed by atoms with E-state index in [0.717, 1.165) is 31.2 Å². The number of nitrogens with one attached hydrogen (secondary N) is 1. The molecule has 1 aliphatic heterocycles. The quantitative estimate of drug-likeness (QED) is 0.915. The van der Waals surface area contributed by atoms with Crippen LogP contribution in [-0.4, -0.2) is 40.7 Å². The fraction of sp³-hybridized carbons (Fsp3) is 0.550. The van der Waals surface area contributed by atoms with E-state index < -0.39 is 5.66 Å². The SMILES string of the molecule is CC1CCC2(CC1)N=C(c1ccccc1)C(=O)N2CC(=O)NC(C)C. The Labute approximate surface area is 149 Å². The molecule has 5 nitrogen and oxygen atoms in total. The topological polar surface area (TPSA) is 61.8 Å². The zero-order valence-corrected chi connectivity index (χ0v) is 15.3. The molecule has 1 heterocycles. The molecule has 3 rings (SSSR count). The molecule has 0 saturated heterocycles. The lowest BCUT2D eigenvalue weighted by Crippen LogP contribution is -2.53.